The zero-order chi connectivity index (χ0) is 22.9. The maximum absolute atomic E-state index is 13.7. The van der Waals surface area contributed by atoms with Crippen molar-refractivity contribution in [3.63, 3.8) is 0 Å². The second-order valence-electron chi connectivity index (χ2n) is 9.16. The molecule has 7 nitrogen and oxygen atoms in total. The highest BCUT2D eigenvalue weighted by atomic mass is 35.5. The van der Waals surface area contributed by atoms with Gasteiger partial charge in [0.1, 0.15) is 11.1 Å². The maximum atomic E-state index is 13.7. The molecule has 9 heteroatoms. The summed E-state index contributed by atoms with van der Waals surface area (Å²) < 4.78 is 0. The fourth-order valence-corrected chi connectivity index (χ4v) is 5.70. The van der Waals surface area contributed by atoms with Gasteiger partial charge in [-0.25, -0.2) is 9.97 Å². The van der Waals surface area contributed by atoms with E-state index < -0.39 is 16.7 Å². The van der Waals surface area contributed by atoms with Crippen LogP contribution in [0.4, 0.5) is 0 Å². The molecule has 2 atom stereocenters. The zero-order valence-electron chi connectivity index (χ0n) is 17.8. The van der Waals surface area contributed by atoms with Gasteiger partial charge in [0.15, 0.2) is 0 Å². The molecule has 0 radical (unpaired) electrons. The summed E-state index contributed by atoms with van der Waals surface area (Å²) in [5.74, 6) is -0.805. The number of carbonyl (C=O) groups excluding carboxylic acids is 2. The van der Waals surface area contributed by atoms with Crippen molar-refractivity contribution in [1.82, 2.24) is 25.8 Å². The second kappa shape index (κ2) is 6.86. The lowest BCUT2D eigenvalue weighted by atomic mass is 9.63. The van der Waals surface area contributed by atoms with E-state index in [0.717, 1.165) is 12.1 Å². The fraction of sp³-hybridized carbons (Fsp3) is 0.348. The molecule has 2 unspecified atom stereocenters. The van der Waals surface area contributed by atoms with Crippen LogP contribution in [0.2, 0.25) is 10.0 Å². The molecule has 32 heavy (non-hydrogen) atoms. The highest BCUT2D eigenvalue weighted by Crippen LogP contribution is 2.70. The highest BCUT2D eigenvalue weighted by Gasteiger charge is 2.73. The summed E-state index contributed by atoms with van der Waals surface area (Å²) in [6, 6.07) is 8.37. The summed E-state index contributed by atoms with van der Waals surface area (Å²) in [6.07, 6.45) is 2.89. The van der Waals surface area contributed by atoms with Crippen molar-refractivity contribution < 1.29 is 9.59 Å². The Labute approximate surface area is 194 Å². The van der Waals surface area contributed by atoms with E-state index in [2.05, 4.69) is 36.6 Å². The van der Waals surface area contributed by atoms with Crippen LogP contribution < -0.4 is 10.9 Å². The Morgan fingerprint density at radius 1 is 0.938 bits per heavy atom. The smallest absolute Gasteiger partial charge is 0.272 e. The number of amides is 2. The fourth-order valence-electron chi connectivity index (χ4n) is 5.38. The SMILES string of the molecule is CC12CCC(C(=O)NNC(=O)c3ccccn3)(c3nc4cc(Cl)c(Cl)cc4nc31)C2(C)C. The van der Waals surface area contributed by atoms with Crippen LogP contribution in [0, 0.1) is 5.41 Å². The van der Waals surface area contributed by atoms with Crippen LogP contribution in [0.1, 0.15) is 55.5 Å². The molecule has 1 aromatic carbocycles. The summed E-state index contributed by atoms with van der Waals surface area (Å²) in [5.41, 5.74) is 6.18. The minimum absolute atomic E-state index is 0.213. The number of nitrogens with zero attached hydrogens (tertiary/aromatic N) is 3. The molecule has 0 spiro atoms. The molecule has 1 saturated carbocycles. The van der Waals surface area contributed by atoms with Gasteiger partial charge in [-0.3, -0.25) is 25.4 Å². The van der Waals surface area contributed by atoms with E-state index in [-0.39, 0.29) is 17.0 Å². The average molecular weight is 470 g/mol. The minimum Gasteiger partial charge on any atom is -0.272 e. The first-order chi connectivity index (χ1) is 15.1. The van der Waals surface area contributed by atoms with Crippen LogP contribution in [0.15, 0.2) is 36.5 Å². The summed E-state index contributed by atoms with van der Waals surface area (Å²) >= 11 is 12.4. The Balaban J connectivity index is 1.57. The molecule has 5 rings (SSSR count). The van der Waals surface area contributed by atoms with Gasteiger partial charge in [-0.15, -0.1) is 0 Å². The summed E-state index contributed by atoms with van der Waals surface area (Å²) in [6.45, 7) is 6.25. The summed E-state index contributed by atoms with van der Waals surface area (Å²) in [7, 11) is 0. The van der Waals surface area contributed by atoms with Gasteiger partial charge in [0.25, 0.3) is 11.8 Å². The van der Waals surface area contributed by atoms with E-state index >= 15 is 0 Å². The number of halogens is 2. The van der Waals surface area contributed by atoms with Crippen LogP contribution >= 0.6 is 23.2 Å². The van der Waals surface area contributed by atoms with Crippen LogP contribution in [-0.2, 0) is 15.6 Å². The lowest BCUT2D eigenvalue weighted by Crippen LogP contribution is -2.55. The van der Waals surface area contributed by atoms with Crippen molar-refractivity contribution in [3.8, 4) is 0 Å². The van der Waals surface area contributed by atoms with Gasteiger partial charge in [0.05, 0.1) is 32.5 Å². The van der Waals surface area contributed by atoms with Gasteiger partial charge < -0.3 is 0 Å². The number of aromatic nitrogens is 3. The normalized spacial score (nSPS) is 24.9. The van der Waals surface area contributed by atoms with E-state index in [4.69, 9.17) is 33.2 Å². The third-order valence-electron chi connectivity index (χ3n) is 7.65. The number of hydrogen-bond acceptors (Lipinski definition) is 5. The number of nitrogens with one attached hydrogen (secondary N) is 2. The Kier molecular flexibility index (Phi) is 4.52. The molecule has 2 aromatic heterocycles. The first kappa shape index (κ1) is 21.1. The number of rotatable bonds is 2. The van der Waals surface area contributed by atoms with E-state index in [0.29, 0.717) is 33.2 Å². The monoisotopic (exact) mass is 469 g/mol. The lowest BCUT2D eigenvalue weighted by molar-refractivity contribution is -0.131. The second-order valence-corrected chi connectivity index (χ2v) is 9.98. The van der Waals surface area contributed by atoms with Crippen molar-refractivity contribution in [1.29, 1.82) is 0 Å². The van der Waals surface area contributed by atoms with Crippen molar-refractivity contribution in [2.24, 2.45) is 5.41 Å². The molecular weight excluding hydrogens is 449 g/mol. The van der Waals surface area contributed by atoms with Gasteiger partial charge in [-0.1, -0.05) is 50.0 Å². The molecule has 164 valence electrons. The quantitative estimate of drug-likeness (QED) is 0.550. The number of pyridine rings is 1. The summed E-state index contributed by atoms with van der Waals surface area (Å²) in [5, 5.41) is 0.786. The van der Waals surface area contributed by atoms with Crippen LogP contribution in [0.25, 0.3) is 11.0 Å². The zero-order valence-corrected chi connectivity index (χ0v) is 19.3. The predicted octanol–water partition coefficient (Wildman–Crippen LogP) is 4.12. The molecular formula is C23H21Cl2N5O2. The van der Waals surface area contributed by atoms with E-state index in [1.807, 2.05) is 0 Å². The number of hydrogen-bond donors (Lipinski definition) is 2. The molecule has 2 bridgehead atoms. The van der Waals surface area contributed by atoms with Crippen LogP contribution in [0.3, 0.4) is 0 Å². The van der Waals surface area contributed by atoms with Crippen LogP contribution in [0.5, 0.6) is 0 Å². The first-order valence-electron chi connectivity index (χ1n) is 10.3. The number of carbonyl (C=O) groups is 2. The molecule has 2 amide bonds. The lowest BCUT2D eigenvalue weighted by Gasteiger charge is -2.39. The van der Waals surface area contributed by atoms with E-state index in [9.17, 15) is 9.59 Å². The van der Waals surface area contributed by atoms with Crippen LogP contribution in [-0.4, -0.2) is 26.8 Å². The average Bonchev–Trinajstić information content (AvgIpc) is 3.07. The van der Waals surface area contributed by atoms with Crippen molar-refractivity contribution in [2.45, 2.75) is 44.4 Å². The molecule has 1 fully saturated rings. The molecule has 0 saturated heterocycles. The standard InChI is InChI=1S/C23H21Cl2N5O2/c1-21(2)22(3)7-8-23(21,20(32)30-29-19(31)14-6-4-5-9-26-14)18-17(22)27-15-10-12(24)13(25)11-16(15)28-18/h4-6,9-11H,7-8H2,1-3H3,(H,29,31)(H,30,32). The van der Waals surface area contributed by atoms with Gasteiger partial charge >= 0.3 is 0 Å². The molecule has 2 aliphatic carbocycles. The van der Waals surface area contributed by atoms with Crippen molar-refractivity contribution >= 4 is 46.0 Å². The Morgan fingerprint density at radius 3 is 2.22 bits per heavy atom. The van der Waals surface area contributed by atoms with Crippen molar-refractivity contribution in [2.75, 3.05) is 0 Å². The van der Waals surface area contributed by atoms with Crippen molar-refractivity contribution in [3.05, 3.63) is 63.7 Å². The maximum Gasteiger partial charge on any atom is 0.288 e. The molecule has 3 aromatic rings. The minimum atomic E-state index is -0.957. The predicted molar refractivity (Wildman–Crippen MR) is 121 cm³/mol. The number of fused-ring (bicyclic) bond motifs is 6. The van der Waals surface area contributed by atoms with E-state index in [1.165, 1.54) is 6.20 Å². The van der Waals surface area contributed by atoms with Gasteiger partial charge in [-0.2, -0.15) is 0 Å². The number of hydrazine groups is 1. The first-order valence-corrected chi connectivity index (χ1v) is 11.1. The molecule has 2 aliphatic rings. The van der Waals surface area contributed by atoms with Gasteiger partial charge in [0.2, 0.25) is 0 Å². The third kappa shape index (κ3) is 2.58. The topological polar surface area (TPSA) is 96.9 Å². The number of benzene rings is 1. The largest absolute Gasteiger partial charge is 0.288 e. The Hall–Kier alpha value is -2.77. The highest BCUT2D eigenvalue weighted by molar-refractivity contribution is 6.42. The Morgan fingerprint density at radius 2 is 1.59 bits per heavy atom. The third-order valence-corrected chi connectivity index (χ3v) is 8.38. The summed E-state index contributed by atoms with van der Waals surface area (Å²) in [4.78, 5) is 39.9. The molecule has 0 aliphatic heterocycles. The Bertz CT molecular complexity index is 1300. The van der Waals surface area contributed by atoms with Gasteiger partial charge in [0, 0.05) is 11.6 Å². The van der Waals surface area contributed by atoms with E-state index in [1.54, 1.807) is 30.3 Å². The van der Waals surface area contributed by atoms with Gasteiger partial charge in [-0.05, 0) is 42.5 Å². The molecule has 2 heterocycles. The molecule has 2 N–H and O–H groups in total.